The van der Waals surface area contributed by atoms with Gasteiger partial charge in [-0.25, -0.2) is 0 Å². The number of benzene rings is 1. The topological polar surface area (TPSA) is 21.3 Å². The molecule has 1 aromatic carbocycles. The number of hydrogen-bond acceptors (Lipinski definition) is 2. The zero-order valence-corrected chi connectivity index (χ0v) is 11.8. The maximum atomic E-state index is 5.33. The van der Waals surface area contributed by atoms with Crippen LogP contribution >= 0.6 is 0 Å². The fourth-order valence-electron chi connectivity index (χ4n) is 2.01. The third-order valence-corrected chi connectivity index (χ3v) is 3.25. The van der Waals surface area contributed by atoms with Gasteiger partial charge in [0.05, 0.1) is 7.11 Å². The summed E-state index contributed by atoms with van der Waals surface area (Å²) in [6.45, 7) is 9.76. The van der Waals surface area contributed by atoms with Crippen LogP contribution in [0.3, 0.4) is 0 Å². The molecule has 0 spiro atoms. The lowest BCUT2D eigenvalue weighted by atomic mass is 9.99. The Morgan fingerprint density at radius 1 is 1.18 bits per heavy atom. The van der Waals surface area contributed by atoms with Gasteiger partial charge in [0.1, 0.15) is 5.75 Å². The summed E-state index contributed by atoms with van der Waals surface area (Å²) in [4.78, 5) is 0. The van der Waals surface area contributed by atoms with Gasteiger partial charge in [-0.3, -0.25) is 0 Å². The molecule has 0 saturated carbocycles. The number of nitrogens with one attached hydrogen (secondary N) is 1. The number of ether oxygens (including phenoxy) is 1. The molecule has 17 heavy (non-hydrogen) atoms. The van der Waals surface area contributed by atoms with Crippen LogP contribution in [0.15, 0.2) is 12.1 Å². The number of methoxy groups -OCH3 is 1. The Hall–Kier alpha value is -1.02. The van der Waals surface area contributed by atoms with Crippen molar-refractivity contribution in [3.63, 3.8) is 0 Å². The van der Waals surface area contributed by atoms with E-state index in [4.69, 9.17) is 4.74 Å². The Kier molecular flexibility index (Phi) is 5.49. The second-order valence-corrected chi connectivity index (χ2v) is 4.89. The molecule has 0 aliphatic heterocycles. The summed E-state index contributed by atoms with van der Waals surface area (Å²) < 4.78 is 5.33. The number of hydrogen-bond donors (Lipinski definition) is 1. The highest BCUT2D eigenvalue weighted by atomic mass is 16.5. The maximum Gasteiger partial charge on any atom is 0.122 e. The van der Waals surface area contributed by atoms with Crippen molar-refractivity contribution in [2.45, 2.75) is 46.6 Å². The molecule has 0 aromatic heterocycles. The zero-order valence-electron chi connectivity index (χ0n) is 11.8. The van der Waals surface area contributed by atoms with Crippen molar-refractivity contribution >= 4 is 0 Å². The van der Waals surface area contributed by atoms with Crippen molar-refractivity contribution in [2.24, 2.45) is 0 Å². The fraction of sp³-hybridized carbons (Fsp3) is 0.600. The van der Waals surface area contributed by atoms with Crippen LogP contribution in [0.25, 0.3) is 0 Å². The van der Waals surface area contributed by atoms with E-state index in [1.54, 1.807) is 7.11 Å². The third kappa shape index (κ3) is 4.04. The van der Waals surface area contributed by atoms with Crippen LogP contribution < -0.4 is 10.1 Å². The maximum absolute atomic E-state index is 5.33. The molecule has 0 amide bonds. The van der Waals surface area contributed by atoms with E-state index in [1.165, 1.54) is 23.1 Å². The molecule has 0 saturated heterocycles. The molecular formula is C15H25NO. The molecule has 0 aliphatic rings. The zero-order chi connectivity index (χ0) is 12.8. The Morgan fingerprint density at radius 2 is 1.88 bits per heavy atom. The molecule has 1 aromatic rings. The third-order valence-electron chi connectivity index (χ3n) is 3.25. The summed E-state index contributed by atoms with van der Waals surface area (Å²) in [5.74, 6) is 0.992. The van der Waals surface area contributed by atoms with Gasteiger partial charge in [0.25, 0.3) is 0 Å². The standard InChI is InChI=1S/C15H25NO/c1-11(2)16-10-6-7-14-8-9-15(17-5)13(4)12(14)3/h8-9,11,16H,6-7,10H2,1-5H3. The molecule has 2 heteroatoms. The molecule has 0 heterocycles. The van der Waals surface area contributed by atoms with Crippen molar-refractivity contribution in [3.8, 4) is 5.75 Å². The molecule has 0 atom stereocenters. The Labute approximate surface area is 105 Å². The molecule has 0 fully saturated rings. The fourth-order valence-corrected chi connectivity index (χ4v) is 2.01. The number of rotatable bonds is 6. The van der Waals surface area contributed by atoms with Gasteiger partial charge >= 0.3 is 0 Å². The molecule has 1 N–H and O–H groups in total. The Bertz CT molecular complexity index is 358. The van der Waals surface area contributed by atoms with E-state index in [2.05, 4.69) is 45.1 Å². The first-order valence-electron chi connectivity index (χ1n) is 6.42. The van der Waals surface area contributed by atoms with Crippen LogP contribution in [-0.2, 0) is 6.42 Å². The molecule has 0 aliphatic carbocycles. The normalized spacial score (nSPS) is 10.9. The van der Waals surface area contributed by atoms with Gasteiger partial charge in [-0.15, -0.1) is 0 Å². The lowest BCUT2D eigenvalue weighted by Gasteiger charge is -2.13. The van der Waals surface area contributed by atoms with Gasteiger partial charge in [0, 0.05) is 6.04 Å². The van der Waals surface area contributed by atoms with Crippen LogP contribution in [0.2, 0.25) is 0 Å². The highest BCUT2D eigenvalue weighted by molar-refractivity contribution is 5.43. The first kappa shape index (κ1) is 14.0. The van der Waals surface area contributed by atoms with E-state index in [9.17, 15) is 0 Å². The van der Waals surface area contributed by atoms with E-state index in [0.717, 1.165) is 18.7 Å². The van der Waals surface area contributed by atoms with Gasteiger partial charge in [0.2, 0.25) is 0 Å². The molecule has 2 nitrogen and oxygen atoms in total. The van der Waals surface area contributed by atoms with Gasteiger partial charge in [-0.05, 0) is 56.0 Å². The predicted octanol–water partition coefficient (Wildman–Crippen LogP) is 3.24. The van der Waals surface area contributed by atoms with Crippen LogP contribution in [0.4, 0.5) is 0 Å². The van der Waals surface area contributed by atoms with Crippen LogP contribution in [0.5, 0.6) is 5.75 Å². The molecule has 0 unspecified atom stereocenters. The van der Waals surface area contributed by atoms with E-state index in [-0.39, 0.29) is 0 Å². The van der Waals surface area contributed by atoms with E-state index in [0.29, 0.717) is 6.04 Å². The number of aryl methyl sites for hydroxylation is 1. The first-order chi connectivity index (χ1) is 8.06. The highest BCUT2D eigenvalue weighted by Gasteiger charge is 2.06. The van der Waals surface area contributed by atoms with Crippen LogP contribution in [0.1, 0.15) is 37.0 Å². The van der Waals surface area contributed by atoms with Gasteiger partial charge in [0.15, 0.2) is 0 Å². The molecule has 96 valence electrons. The summed E-state index contributed by atoms with van der Waals surface area (Å²) in [5, 5.41) is 3.45. The van der Waals surface area contributed by atoms with Crippen molar-refractivity contribution < 1.29 is 4.74 Å². The van der Waals surface area contributed by atoms with Crippen molar-refractivity contribution in [1.82, 2.24) is 5.32 Å². The Morgan fingerprint density at radius 3 is 2.47 bits per heavy atom. The monoisotopic (exact) mass is 235 g/mol. The lowest BCUT2D eigenvalue weighted by molar-refractivity contribution is 0.411. The molecule has 0 radical (unpaired) electrons. The van der Waals surface area contributed by atoms with E-state index < -0.39 is 0 Å². The predicted molar refractivity (Wildman–Crippen MR) is 73.9 cm³/mol. The van der Waals surface area contributed by atoms with Gasteiger partial charge in [-0.2, -0.15) is 0 Å². The quantitative estimate of drug-likeness (QED) is 0.764. The summed E-state index contributed by atoms with van der Waals surface area (Å²) >= 11 is 0. The Balaban J connectivity index is 2.57. The van der Waals surface area contributed by atoms with Crippen molar-refractivity contribution in [1.29, 1.82) is 0 Å². The SMILES string of the molecule is COc1ccc(CCCNC(C)C)c(C)c1C. The molecular weight excluding hydrogens is 210 g/mol. The smallest absolute Gasteiger partial charge is 0.122 e. The van der Waals surface area contributed by atoms with E-state index in [1.807, 2.05) is 0 Å². The minimum Gasteiger partial charge on any atom is -0.496 e. The van der Waals surface area contributed by atoms with E-state index >= 15 is 0 Å². The second-order valence-electron chi connectivity index (χ2n) is 4.89. The minimum absolute atomic E-state index is 0.578. The van der Waals surface area contributed by atoms with Gasteiger partial charge in [-0.1, -0.05) is 19.9 Å². The second kappa shape index (κ2) is 6.65. The highest BCUT2D eigenvalue weighted by Crippen LogP contribution is 2.24. The van der Waals surface area contributed by atoms with Crippen molar-refractivity contribution in [2.75, 3.05) is 13.7 Å². The summed E-state index contributed by atoms with van der Waals surface area (Å²) in [5.41, 5.74) is 4.07. The van der Waals surface area contributed by atoms with Gasteiger partial charge < -0.3 is 10.1 Å². The first-order valence-corrected chi connectivity index (χ1v) is 6.42. The molecule has 0 bridgehead atoms. The van der Waals surface area contributed by atoms with Crippen LogP contribution in [-0.4, -0.2) is 19.7 Å². The summed E-state index contributed by atoms with van der Waals surface area (Å²) in [6.07, 6.45) is 2.32. The van der Waals surface area contributed by atoms with Crippen molar-refractivity contribution in [3.05, 3.63) is 28.8 Å². The van der Waals surface area contributed by atoms with Crippen LogP contribution in [0, 0.1) is 13.8 Å². The average molecular weight is 235 g/mol. The minimum atomic E-state index is 0.578. The molecule has 1 rings (SSSR count). The summed E-state index contributed by atoms with van der Waals surface area (Å²) in [7, 11) is 1.73. The lowest BCUT2D eigenvalue weighted by Crippen LogP contribution is -2.24. The summed E-state index contributed by atoms with van der Waals surface area (Å²) in [6, 6.07) is 4.85. The average Bonchev–Trinajstić information content (AvgIpc) is 2.29. The largest absolute Gasteiger partial charge is 0.496 e.